The topological polar surface area (TPSA) is 73.5 Å². The van der Waals surface area contributed by atoms with Crippen molar-refractivity contribution in [2.75, 3.05) is 40.3 Å². The van der Waals surface area contributed by atoms with Crippen LogP contribution in [0.1, 0.15) is 6.42 Å². The van der Waals surface area contributed by atoms with E-state index in [1.165, 1.54) is 0 Å². The van der Waals surface area contributed by atoms with Crippen molar-refractivity contribution in [3.8, 4) is 0 Å². The van der Waals surface area contributed by atoms with Gasteiger partial charge in [0.25, 0.3) is 0 Å². The van der Waals surface area contributed by atoms with Gasteiger partial charge in [0.1, 0.15) is 0 Å². The fourth-order valence-electron chi connectivity index (χ4n) is 1.23. The normalized spacial score (nSPS) is 10.1. The molecule has 0 aliphatic heterocycles. The fourth-order valence-corrected chi connectivity index (χ4v) is 1.23. The van der Waals surface area contributed by atoms with Gasteiger partial charge in [-0.3, -0.25) is 15.0 Å². The molecule has 0 radical (unpaired) electrons. The molecule has 0 aromatic heterocycles. The van der Waals surface area contributed by atoms with Gasteiger partial charge in [0.05, 0.1) is 6.54 Å². The first kappa shape index (κ1) is 15.6. The molecular formula is C11H22N4O2. The summed E-state index contributed by atoms with van der Waals surface area (Å²) in [6.07, 6.45) is 2.51. The van der Waals surface area contributed by atoms with Crippen LogP contribution >= 0.6 is 0 Å². The second kappa shape index (κ2) is 9.80. The molecule has 0 aliphatic rings. The number of nitrogens with one attached hydrogen (secondary N) is 3. The molecule has 0 saturated carbocycles. The van der Waals surface area contributed by atoms with E-state index in [4.69, 9.17) is 0 Å². The number of urea groups is 1. The molecule has 17 heavy (non-hydrogen) atoms. The van der Waals surface area contributed by atoms with E-state index >= 15 is 0 Å². The molecule has 0 rings (SSSR count). The van der Waals surface area contributed by atoms with Gasteiger partial charge in [-0.2, -0.15) is 0 Å². The maximum absolute atomic E-state index is 11.4. The van der Waals surface area contributed by atoms with Crippen LogP contribution in [0.25, 0.3) is 0 Å². The molecule has 0 spiro atoms. The number of hydrogen-bond donors (Lipinski definition) is 3. The zero-order valence-electron chi connectivity index (χ0n) is 10.6. The highest BCUT2D eigenvalue weighted by molar-refractivity contribution is 5.95. The van der Waals surface area contributed by atoms with Crippen LogP contribution in [0.4, 0.5) is 4.79 Å². The Bertz CT molecular complexity index is 256. The van der Waals surface area contributed by atoms with Gasteiger partial charge in [-0.25, -0.2) is 4.79 Å². The van der Waals surface area contributed by atoms with Crippen molar-refractivity contribution in [1.29, 1.82) is 0 Å². The summed E-state index contributed by atoms with van der Waals surface area (Å²) in [7, 11) is 3.73. The average Bonchev–Trinajstić information content (AvgIpc) is 2.26. The highest BCUT2D eigenvalue weighted by Gasteiger charge is 2.09. The number of imide groups is 1. The summed E-state index contributed by atoms with van der Waals surface area (Å²) in [6.45, 7) is 5.73. The first-order valence-electron chi connectivity index (χ1n) is 5.62. The van der Waals surface area contributed by atoms with E-state index in [0.29, 0.717) is 6.54 Å². The third-order valence-corrected chi connectivity index (χ3v) is 2.04. The average molecular weight is 242 g/mol. The third kappa shape index (κ3) is 9.52. The van der Waals surface area contributed by atoms with E-state index in [0.717, 1.165) is 19.5 Å². The van der Waals surface area contributed by atoms with E-state index in [2.05, 4.69) is 22.5 Å². The summed E-state index contributed by atoms with van der Waals surface area (Å²) >= 11 is 0. The van der Waals surface area contributed by atoms with Crippen molar-refractivity contribution >= 4 is 11.9 Å². The summed E-state index contributed by atoms with van der Waals surface area (Å²) in [5.74, 6) is -0.307. The second-order valence-electron chi connectivity index (χ2n) is 3.74. The van der Waals surface area contributed by atoms with Gasteiger partial charge in [0.2, 0.25) is 5.91 Å². The van der Waals surface area contributed by atoms with Gasteiger partial charge in [-0.15, -0.1) is 6.58 Å². The van der Waals surface area contributed by atoms with Crippen LogP contribution in [0, 0.1) is 0 Å². The lowest BCUT2D eigenvalue weighted by atomic mass is 10.4. The van der Waals surface area contributed by atoms with Crippen molar-refractivity contribution in [3.63, 3.8) is 0 Å². The molecule has 0 aromatic carbocycles. The number of amides is 3. The summed E-state index contributed by atoms with van der Waals surface area (Å²) in [5, 5.41) is 7.74. The van der Waals surface area contributed by atoms with Crippen molar-refractivity contribution in [3.05, 3.63) is 12.7 Å². The first-order valence-corrected chi connectivity index (χ1v) is 5.62. The summed E-state index contributed by atoms with van der Waals surface area (Å²) in [6, 6.07) is -0.487. The maximum Gasteiger partial charge on any atom is 0.321 e. The number of carbonyl (C=O) groups is 2. The smallest absolute Gasteiger partial charge is 0.321 e. The molecule has 0 fully saturated rings. The number of nitrogens with zero attached hydrogens (tertiary/aromatic N) is 1. The number of hydrogen-bond acceptors (Lipinski definition) is 4. The van der Waals surface area contributed by atoms with E-state index in [1.807, 2.05) is 19.0 Å². The molecule has 3 amide bonds. The zero-order chi connectivity index (χ0) is 13.1. The van der Waals surface area contributed by atoms with Crippen LogP contribution in [0.2, 0.25) is 0 Å². The predicted octanol–water partition coefficient (Wildman–Crippen LogP) is -0.460. The molecule has 3 N–H and O–H groups in total. The molecule has 0 aliphatic carbocycles. The Balaban J connectivity index is 3.69. The van der Waals surface area contributed by atoms with E-state index in [1.54, 1.807) is 6.08 Å². The lowest BCUT2D eigenvalue weighted by molar-refractivity contribution is -0.120. The molecule has 0 saturated heterocycles. The first-order chi connectivity index (χ1) is 8.10. The van der Waals surface area contributed by atoms with Crippen LogP contribution < -0.4 is 16.0 Å². The number of carbonyl (C=O) groups excluding carboxylic acids is 2. The molecule has 0 bridgehead atoms. The van der Waals surface area contributed by atoms with Gasteiger partial charge >= 0.3 is 6.03 Å². The monoisotopic (exact) mass is 242 g/mol. The molecule has 6 nitrogen and oxygen atoms in total. The van der Waals surface area contributed by atoms with Crippen LogP contribution in [-0.4, -0.2) is 57.1 Å². The summed E-state index contributed by atoms with van der Waals surface area (Å²) in [4.78, 5) is 24.4. The number of likely N-dealkylation sites (N-methyl/N-ethyl adjacent to an activating group) is 1. The quantitative estimate of drug-likeness (QED) is 0.398. The van der Waals surface area contributed by atoms with Gasteiger partial charge in [0, 0.05) is 6.54 Å². The SMILES string of the molecule is C=CCNC(=O)NC(=O)CN(C)CCCNC. The predicted molar refractivity (Wildman–Crippen MR) is 67.8 cm³/mol. The second-order valence-corrected chi connectivity index (χ2v) is 3.74. The minimum atomic E-state index is -0.487. The van der Waals surface area contributed by atoms with Crippen LogP contribution in [0.15, 0.2) is 12.7 Å². The maximum atomic E-state index is 11.4. The van der Waals surface area contributed by atoms with E-state index in [9.17, 15) is 9.59 Å². The van der Waals surface area contributed by atoms with E-state index < -0.39 is 6.03 Å². The van der Waals surface area contributed by atoms with Gasteiger partial charge in [0.15, 0.2) is 0 Å². The van der Waals surface area contributed by atoms with Crippen LogP contribution in [0.3, 0.4) is 0 Å². The van der Waals surface area contributed by atoms with Gasteiger partial charge in [-0.1, -0.05) is 6.08 Å². The molecule has 98 valence electrons. The molecule has 6 heteroatoms. The van der Waals surface area contributed by atoms with Crippen LogP contribution in [0.5, 0.6) is 0 Å². The molecule has 0 unspecified atom stereocenters. The highest BCUT2D eigenvalue weighted by atomic mass is 16.2. The number of rotatable bonds is 8. The van der Waals surface area contributed by atoms with Gasteiger partial charge < -0.3 is 10.6 Å². The lowest BCUT2D eigenvalue weighted by Crippen LogP contribution is -2.44. The van der Waals surface area contributed by atoms with Crippen LogP contribution in [-0.2, 0) is 4.79 Å². The highest BCUT2D eigenvalue weighted by Crippen LogP contribution is 1.86. The molecular weight excluding hydrogens is 220 g/mol. The van der Waals surface area contributed by atoms with Crippen molar-refractivity contribution in [2.24, 2.45) is 0 Å². The van der Waals surface area contributed by atoms with Crippen molar-refractivity contribution < 1.29 is 9.59 Å². The van der Waals surface area contributed by atoms with Crippen molar-refractivity contribution in [2.45, 2.75) is 6.42 Å². The Morgan fingerprint density at radius 3 is 2.71 bits per heavy atom. The summed E-state index contributed by atoms with van der Waals surface area (Å²) in [5.41, 5.74) is 0. The standard InChI is InChI=1S/C11H22N4O2/c1-4-6-13-11(17)14-10(16)9-15(3)8-5-7-12-2/h4,12H,1,5-9H2,2-3H3,(H2,13,14,16,17). The fraction of sp³-hybridized carbons (Fsp3) is 0.636. The molecule has 0 aromatic rings. The zero-order valence-corrected chi connectivity index (χ0v) is 10.6. The van der Waals surface area contributed by atoms with E-state index in [-0.39, 0.29) is 12.5 Å². The molecule has 0 heterocycles. The minimum Gasteiger partial charge on any atom is -0.334 e. The molecule has 0 atom stereocenters. The Kier molecular flexibility index (Phi) is 8.99. The van der Waals surface area contributed by atoms with Gasteiger partial charge in [-0.05, 0) is 33.6 Å². The minimum absolute atomic E-state index is 0.214. The Morgan fingerprint density at radius 2 is 2.12 bits per heavy atom. The third-order valence-electron chi connectivity index (χ3n) is 2.04. The van der Waals surface area contributed by atoms with Crippen molar-refractivity contribution in [1.82, 2.24) is 20.9 Å². The Labute approximate surface area is 102 Å². The lowest BCUT2D eigenvalue weighted by Gasteiger charge is -2.15. The Hall–Kier alpha value is -1.40. The largest absolute Gasteiger partial charge is 0.334 e. The Morgan fingerprint density at radius 1 is 1.41 bits per heavy atom. The summed E-state index contributed by atoms with van der Waals surface area (Å²) < 4.78 is 0.